The Labute approximate surface area is 143 Å². The molecule has 24 heavy (non-hydrogen) atoms. The fourth-order valence-corrected chi connectivity index (χ4v) is 2.38. The third-order valence-corrected chi connectivity index (χ3v) is 3.97. The van der Waals surface area contributed by atoms with Gasteiger partial charge in [0.15, 0.2) is 0 Å². The van der Waals surface area contributed by atoms with E-state index in [0.717, 1.165) is 11.3 Å². The van der Waals surface area contributed by atoms with Crippen molar-refractivity contribution in [1.82, 2.24) is 4.90 Å². The SMILES string of the molecule is COc1cccc(CN(C)[C@H](C)C(=O)Nc2ccccc2OC)c1. The molecule has 1 atom stereocenters. The number of benzene rings is 2. The fraction of sp³-hybridized carbons (Fsp3) is 0.316. The maximum atomic E-state index is 12.5. The maximum Gasteiger partial charge on any atom is 0.241 e. The van der Waals surface area contributed by atoms with E-state index in [-0.39, 0.29) is 11.9 Å². The van der Waals surface area contributed by atoms with Crippen LogP contribution >= 0.6 is 0 Å². The lowest BCUT2D eigenvalue weighted by atomic mass is 10.1. The highest BCUT2D eigenvalue weighted by molar-refractivity contribution is 5.95. The molecule has 5 nitrogen and oxygen atoms in total. The highest BCUT2D eigenvalue weighted by atomic mass is 16.5. The van der Waals surface area contributed by atoms with Crippen LogP contribution in [0.25, 0.3) is 0 Å². The highest BCUT2D eigenvalue weighted by Gasteiger charge is 2.19. The summed E-state index contributed by atoms with van der Waals surface area (Å²) in [7, 11) is 5.15. The number of para-hydroxylation sites is 2. The van der Waals surface area contributed by atoms with Crippen LogP contribution in [0.1, 0.15) is 12.5 Å². The normalized spacial score (nSPS) is 11.9. The van der Waals surface area contributed by atoms with Crippen molar-refractivity contribution >= 4 is 11.6 Å². The van der Waals surface area contributed by atoms with E-state index in [2.05, 4.69) is 5.32 Å². The molecule has 0 aliphatic heterocycles. The molecule has 0 aromatic heterocycles. The first-order valence-corrected chi connectivity index (χ1v) is 7.82. The number of carbonyl (C=O) groups excluding carboxylic acids is 1. The number of carbonyl (C=O) groups is 1. The Balaban J connectivity index is 2.01. The molecule has 0 saturated heterocycles. The Morgan fingerprint density at radius 1 is 1.12 bits per heavy atom. The molecule has 2 rings (SSSR count). The summed E-state index contributed by atoms with van der Waals surface area (Å²) >= 11 is 0. The van der Waals surface area contributed by atoms with Crippen LogP contribution in [-0.4, -0.2) is 38.1 Å². The van der Waals surface area contributed by atoms with Gasteiger partial charge >= 0.3 is 0 Å². The summed E-state index contributed by atoms with van der Waals surface area (Å²) in [5.41, 5.74) is 1.76. The molecule has 0 radical (unpaired) electrons. The predicted octanol–water partition coefficient (Wildman–Crippen LogP) is 3.16. The number of nitrogens with zero attached hydrogens (tertiary/aromatic N) is 1. The summed E-state index contributed by atoms with van der Waals surface area (Å²) in [6.07, 6.45) is 0. The highest BCUT2D eigenvalue weighted by Crippen LogP contribution is 2.23. The zero-order valence-corrected chi connectivity index (χ0v) is 14.6. The lowest BCUT2D eigenvalue weighted by Crippen LogP contribution is -2.39. The quantitative estimate of drug-likeness (QED) is 0.848. The third-order valence-electron chi connectivity index (χ3n) is 3.97. The van der Waals surface area contributed by atoms with Crippen LogP contribution in [0.4, 0.5) is 5.69 Å². The predicted molar refractivity (Wildman–Crippen MR) is 95.5 cm³/mol. The number of nitrogens with one attached hydrogen (secondary N) is 1. The molecule has 0 unspecified atom stereocenters. The molecule has 0 saturated carbocycles. The lowest BCUT2D eigenvalue weighted by molar-refractivity contribution is -0.120. The van der Waals surface area contributed by atoms with Crippen molar-refractivity contribution in [3.05, 3.63) is 54.1 Å². The summed E-state index contributed by atoms with van der Waals surface area (Å²) in [4.78, 5) is 14.5. The Morgan fingerprint density at radius 2 is 1.88 bits per heavy atom. The second-order valence-corrected chi connectivity index (χ2v) is 5.63. The Bertz CT molecular complexity index is 688. The molecular weight excluding hydrogens is 304 g/mol. The van der Waals surface area contributed by atoms with E-state index in [0.29, 0.717) is 18.0 Å². The minimum atomic E-state index is -0.291. The van der Waals surface area contributed by atoms with E-state index in [1.807, 2.05) is 67.4 Å². The Morgan fingerprint density at radius 3 is 2.58 bits per heavy atom. The number of hydrogen-bond acceptors (Lipinski definition) is 4. The van der Waals surface area contributed by atoms with Gasteiger partial charge in [-0.05, 0) is 43.8 Å². The maximum absolute atomic E-state index is 12.5. The van der Waals surface area contributed by atoms with Crippen LogP contribution in [0.5, 0.6) is 11.5 Å². The van der Waals surface area contributed by atoms with Crippen molar-refractivity contribution in [2.45, 2.75) is 19.5 Å². The molecule has 1 amide bonds. The van der Waals surface area contributed by atoms with Gasteiger partial charge in [0.05, 0.1) is 25.9 Å². The van der Waals surface area contributed by atoms with Crippen LogP contribution in [0.3, 0.4) is 0 Å². The van der Waals surface area contributed by atoms with Crippen molar-refractivity contribution in [2.75, 3.05) is 26.6 Å². The second-order valence-electron chi connectivity index (χ2n) is 5.63. The molecule has 0 fully saturated rings. The third kappa shape index (κ3) is 4.49. The van der Waals surface area contributed by atoms with Gasteiger partial charge in [-0.2, -0.15) is 0 Å². The topological polar surface area (TPSA) is 50.8 Å². The van der Waals surface area contributed by atoms with Crippen LogP contribution in [-0.2, 0) is 11.3 Å². The van der Waals surface area contributed by atoms with Gasteiger partial charge in [-0.1, -0.05) is 24.3 Å². The van der Waals surface area contributed by atoms with Crippen molar-refractivity contribution in [1.29, 1.82) is 0 Å². The Hall–Kier alpha value is -2.53. The molecule has 128 valence electrons. The summed E-state index contributed by atoms with van der Waals surface area (Å²) in [5.74, 6) is 1.38. The number of likely N-dealkylation sites (N-methyl/N-ethyl adjacent to an activating group) is 1. The standard InChI is InChI=1S/C19H24N2O3/c1-14(19(22)20-17-10-5-6-11-18(17)24-4)21(2)13-15-8-7-9-16(12-15)23-3/h5-12,14H,13H2,1-4H3,(H,20,22)/t14-/m1/s1. The molecule has 2 aromatic rings. The number of methoxy groups -OCH3 is 2. The molecule has 0 spiro atoms. The van der Waals surface area contributed by atoms with Crippen molar-refractivity contribution in [2.24, 2.45) is 0 Å². The van der Waals surface area contributed by atoms with E-state index in [9.17, 15) is 4.79 Å². The van der Waals surface area contributed by atoms with Gasteiger partial charge in [0, 0.05) is 6.54 Å². The Kier molecular flexibility index (Phi) is 6.21. The minimum Gasteiger partial charge on any atom is -0.497 e. The number of hydrogen-bond donors (Lipinski definition) is 1. The first-order chi connectivity index (χ1) is 11.5. The van der Waals surface area contributed by atoms with E-state index in [1.54, 1.807) is 14.2 Å². The number of anilines is 1. The van der Waals surface area contributed by atoms with E-state index in [1.165, 1.54) is 0 Å². The van der Waals surface area contributed by atoms with E-state index < -0.39 is 0 Å². The van der Waals surface area contributed by atoms with Gasteiger partial charge in [-0.15, -0.1) is 0 Å². The van der Waals surface area contributed by atoms with Crippen LogP contribution in [0.15, 0.2) is 48.5 Å². The summed E-state index contributed by atoms with van der Waals surface area (Å²) < 4.78 is 10.5. The van der Waals surface area contributed by atoms with Crippen LogP contribution < -0.4 is 14.8 Å². The van der Waals surface area contributed by atoms with Crippen molar-refractivity contribution in [3.8, 4) is 11.5 Å². The molecule has 0 heterocycles. The van der Waals surface area contributed by atoms with Gasteiger partial charge in [-0.3, -0.25) is 9.69 Å². The van der Waals surface area contributed by atoms with Gasteiger partial charge in [0.1, 0.15) is 11.5 Å². The van der Waals surface area contributed by atoms with Crippen LogP contribution in [0.2, 0.25) is 0 Å². The van der Waals surface area contributed by atoms with E-state index >= 15 is 0 Å². The largest absolute Gasteiger partial charge is 0.497 e. The average molecular weight is 328 g/mol. The fourth-order valence-electron chi connectivity index (χ4n) is 2.38. The lowest BCUT2D eigenvalue weighted by Gasteiger charge is -2.24. The summed E-state index contributed by atoms with van der Waals surface area (Å²) in [6.45, 7) is 2.53. The van der Waals surface area contributed by atoms with Gasteiger partial charge in [-0.25, -0.2) is 0 Å². The molecule has 1 N–H and O–H groups in total. The number of rotatable bonds is 7. The zero-order chi connectivity index (χ0) is 17.5. The summed E-state index contributed by atoms with van der Waals surface area (Å²) in [5, 5.41) is 2.92. The van der Waals surface area contributed by atoms with Crippen molar-refractivity contribution in [3.63, 3.8) is 0 Å². The average Bonchev–Trinajstić information content (AvgIpc) is 2.61. The minimum absolute atomic E-state index is 0.0788. The second kappa shape index (κ2) is 8.36. The molecule has 0 aliphatic carbocycles. The molecule has 0 aliphatic rings. The molecule has 2 aromatic carbocycles. The smallest absolute Gasteiger partial charge is 0.241 e. The first kappa shape index (κ1) is 17.8. The van der Waals surface area contributed by atoms with Crippen LogP contribution in [0, 0.1) is 0 Å². The molecule has 0 bridgehead atoms. The van der Waals surface area contributed by atoms with Gasteiger partial charge < -0.3 is 14.8 Å². The summed E-state index contributed by atoms with van der Waals surface area (Å²) in [6, 6.07) is 14.9. The number of ether oxygens (including phenoxy) is 2. The monoisotopic (exact) mass is 328 g/mol. The molecular formula is C19H24N2O3. The van der Waals surface area contributed by atoms with Gasteiger partial charge in [0.2, 0.25) is 5.91 Å². The van der Waals surface area contributed by atoms with E-state index in [4.69, 9.17) is 9.47 Å². The van der Waals surface area contributed by atoms with Crippen molar-refractivity contribution < 1.29 is 14.3 Å². The van der Waals surface area contributed by atoms with Gasteiger partial charge in [0.25, 0.3) is 0 Å². The zero-order valence-electron chi connectivity index (χ0n) is 14.6. The number of amides is 1. The molecule has 5 heteroatoms. The first-order valence-electron chi connectivity index (χ1n) is 7.82.